The molecule has 2 N–H and O–H groups in total. The lowest BCUT2D eigenvalue weighted by atomic mass is 10.1. The first-order valence-corrected chi connectivity index (χ1v) is 9.05. The maximum absolute atomic E-state index is 12.1. The molecule has 134 valence electrons. The summed E-state index contributed by atoms with van der Waals surface area (Å²) < 4.78 is 0. The number of H-pyrrole nitrogens is 1. The number of nitrogens with zero attached hydrogens (tertiary/aromatic N) is 3. The van der Waals surface area contributed by atoms with Gasteiger partial charge in [-0.2, -0.15) is 5.10 Å². The van der Waals surface area contributed by atoms with Crippen LogP contribution in [-0.2, 0) is 6.54 Å². The normalized spacial score (nSPS) is 17.7. The van der Waals surface area contributed by atoms with Gasteiger partial charge in [0, 0.05) is 42.4 Å². The summed E-state index contributed by atoms with van der Waals surface area (Å²) in [5, 5.41) is 11.9. The summed E-state index contributed by atoms with van der Waals surface area (Å²) in [4.78, 5) is 18.1. The second-order valence-corrected chi connectivity index (χ2v) is 6.98. The van der Waals surface area contributed by atoms with E-state index in [4.69, 9.17) is 0 Å². The average Bonchev–Trinajstić information content (AvgIpc) is 3.26. The van der Waals surface area contributed by atoms with Crippen LogP contribution in [0.15, 0.2) is 42.6 Å². The molecule has 26 heavy (non-hydrogen) atoms. The lowest BCUT2D eigenvalue weighted by Crippen LogP contribution is -2.31. The molecule has 1 saturated heterocycles. The van der Waals surface area contributed by atoms with Crippen LogP contribution in [0.3, 0.4) is 0 Å². The molecule has 0 unspecified atom stereocenters. The van der Waals surface area contributed by atoms with Crippen LogP contribution in [-0.4, -0.2) is 45.6 Å². The number of aromatic amines is 1. The van der Waals surface area contributed by atoms with Crippen LogP contribution in [0.5, 0.6) is 0 Å². The Morgan fingerprint density at radius 1 is 1.31 bits per heavy atom. The Morgan fingerprint density at radius 3 is 3.00 bits per heavy atom. The van der Waals surface area contributed by atoms with Crippen LogP contribution in [0.2, 0.25) is 0 Å². The summed E-state index contributed by atoms with van der Waals surface area (Å²) in [6, 6.07) is 11.8. The van der Waals surface area contributed by atoms with Crippen LogP contribution >= 0.6 is 0 Å². The van der Waals surface area contributed by atoms with E-state index < -0.39 is 0 Å². The number of hydrogen-bond acceptors (Lipinski definition) is 4. The molecule has 2 aromatic heterocycles. The molecule has 1 fully saturated rings. The number of fused-ring (bicyclic) bond motifs is 1. The molecule has 0 radical (unpaired) electrons. The van der Waals surface area contributed by atoms with Gasteiger partial charge in [0.2, 0.25) is 0 Å². The standard InChI is InChI=1S/C20H23N5O/c1-14-16-5-2-3-6-17(16)23-19(14)13-25-10-8-15(12-25)11-21-20(26)18-7-4-9-22-24-18/h2-7,9,15,23H,8,10-13H2,1H3,(H,21,26)/t15-/m0/s1. The van der Waals surface area contributed by atoms with E-state index in [1.54, 1.807) is 18.3 Å². The highest BCUT2D eigenvalue weighted by atomic mass is 16.1. The van der Waals surface area contributed by atoms with E-state index in [0.29, 0.717) is 18.2 Å². The second-order valence-electron chi connectivity index (χ2n) is 6.98. The lowest BCUT2D eigenvalue weighted by Gasteiger charge is -2.16. The van der Waals surface area contributed by atoms with Crippen molar-refractivity contribution in [1.29, 1.82) is 0 Å². The number of amides is 1. The van der Waals surface area contributed by atoms with Gasteiger partial charge in [-0.25, -0.2) is 0 Å². The summed E-state index contributed by atoms with van der Waals surface area (Å²) in [6.07, 6.45) is 2.66. The minimum Gasteiger partial charge on any atom is -0.357 e. The number of benzene rings is 1. The molecule has 1 atom stereocenters. The van der Waals surface area contributed by atoms with Crippen molar-refractivity contribution in [2.24, 2.45) is 5.92 Å². The Balaban J connectivity index is 1.32. The highest BCUT2D eigenvalue weighted by Gasteiger charge is 2.24. The average molecular weight is 349 g/mol. The molecule has 1 aliphatic heterocycles. The van der Waals surface area contributed by atoms with Crippen molar-refractivity contribution in [2.45, 2.75) is 19.9 Å². The van der Waals surface area contributed by atoms with Crippen molar-refractivity contribution in [3.63, 3.8) is 0 Å². The van der Waals surface area contributed by atoms with Gasteiger partial charge in [-0.1, -0.05) is 18.2 Å². The largest absolute Gasteiger partial charge is 0.357 e. The molecule has 6 heteroatoms. The molecule has 0 spiro atoms. The molecule has 6 nitrogen and oxygen atoms in total. The van der Waals surface area contributed by atoms with Crippen molar-refractivity contribution in [3.8, 4) is 0 Å². The first-order valence-electron chi connectivity index (χ1n) is 9.05. The number of para-hydroxylation sites is 1. The fourth-order valence-corrected chi connectivity index (χ4v) is 3.69. The third kappa shape index (κ3) is 3.46. The molecular formula is C20H23N5O. The van der Waals surface area contributed by atoms with Crippen molar-refractivity contribution in [1.82, 2.24) is 25.4 Å². The molecule has 0 bridgehead atoms. The van der Waals surface area contributed by atoms with Crippen LogP contribution in [0.1, 0.15) is 28.2 Å². The fourth-order valence-electron chi connectivity index (χ4n) is 3.69. The Hall–Kier alpha value is -2.73. The first kappa shape index (κ1) is 16.7. The minimum absolute atomic E-state index is 0.150. The number of aromatic nitrogens is 3. The fraction of sp³-hybridized carbons (Fsp3) is 0.350. The van der Waals surface area contributed by atoms with Gasteiger partial charge in [0.05, 0.1) is 0 Å². The van der Waals surface area contributed by atoms with E-state index in [1.807, 2.05) is 0 Å². The third-order valence-corrected chi connectivity index (χ3v) is 5.18. The van der Waals surface area contributed by atoms with Gasteiger partial charge in [-0.05, 0) is 49.6 Å². The molecular weight excluding hydrogens is 326 g/mol. The number of rotatable bonds is 5. The van der Waals surface area contributed by atoms with Gasteiger partial charge in [0.15, 0.2) is 5.69 Å². The van der Waals surface area contributed by atoms with Crippen molar-refractivity contribution in [3.05, 3.63) is 59.5 Å². The van der Waals surface area contributed by atoms with E-state index in [2.05, 4.69) is 56.6 Å². The van der Waals surface area contributed by atoms with E-state index >= 15 is 0 Å². The summed E-state index contributed by atoms with van der Waals surface area (Å²) in [5.41, 5.74) is 4.19. The highest BCUT2D eigenvalue weighted by molar-refractivity contribution is 5.91. The Morgan fingerprint density at radius 2 is 2.19 bits per heavy atom. The molecule has 1 aliphatic rings. The van der Waals surface area contributed by atoms with E-state index in [9.17, 15) is 4.79 Å². The molecule has 3 aromatic rings. The zero-order valence-electron chi connectivity index (χ0n) is 14.9. The smallest absolute Gasteiger partial charge is 0.271 e. The predicted octanol–water partition coefficient (Wildman–Crippen LogP) is 2.52. The maximum Gasteiger partial charge on any atom is 0.271 e. The molecule has 3 heterocycles. The predicted molar refractivity (Wildman–Crippen MR) is 101 cm³/mol. The quantitative estimate of drug-likeness (QED) is 0.742. The molecule has 0 saturated carbocycles. The maximum atomic E-state index is 12.1. The SMILES string of the molecule is Cc1c(CN2CC[C@@H](CNC(=O)c3cccnn3)C2)[nH]c2ccccc12. The van der Waals surface area contributed by atoms with Crippen LogP contribution in [0.4, 0.5) is 0 Å². The van der Waals surface area contributed by atoms with Gasteiger partial charge in [-0.15, -0.1) is 5.10 Å². The van der Waals surface area contributed by atoms with Gasteiger partial charge in [0.1, 0.15) is 0 Å². The summed E-state index contributed by atoms with van der Waals surface area (Å²) in [6.45, 7) is 5.84. The number of nitrogens with one attached hydrogen (secondary N) is 2. The Kier molecular flexibility index (Phi) is 4.67. The van der Waals surface area contributed by atoms with Crippen LogP contribution in [0.25, 0.3) is 10.9 Å². The molecule has 1 aromatic carbocycles. The number of aryl methyl sites for hydroxylation is 1. The molecule has 4 rings (SSSR count). The van der Waals surface area contributed by atoms with E-state index in [-0.39, 0.29) is 5.91 Å². The van der Waals surface area contributed by atoms with Crippen LogP contribution < -0.4 is 5.32 Å². The number of carbonyl (C=O) groups is 1. The molecule has 1 amide bonds. The minimum atomic E-state index is -0.150. The van der Waals surface area contributed by atoms with Crippen molar-refractivity contribution >= 4 is 16.8 Å². The van der Waals surface area contributed by atoms with Crippen molar-refractivity contribution < 1.29 is 4.79 Å². The Bertz CT molecular complexity index is 905. The van der Waals surface area contributed by atoms with Crippen molar-refractivity contribution in [2.75, 3.05) is 19.6 Å². The second kappa shape index (κ2) is 7.25. The van der Waals surface area contributed by atoms with Gasteiger partial charge < -0.3 is 10.3 Å². The number of likely N-dealkylation sites (tertiary alicyclic amines) is 1. The van der Waals surface area contributed by atoms with Crippen LogP contribution in [0, 0.1) is 12.8 Å². The van der Waals surface area contributed by atoms with Gasteiger partial charge >= 0.3 is 0 Å². The Labute approximate surface area is 152 Å². The summed E-state index contributed by atoms with van der Waals surface area (Å²) >= 11 is 0. The monoisotopic (exact) mass is 349 g/mol. The summed E-state index contributed by atoms with van der Waals surface area (Å²) in [5.74, 6) is 0.323. The lowest BCUT2D eigenvalue weighted by molar-refractivity contribution is 0.0941. The molecule has 0 aliphatic carbocycles. The summed E-state index contributed by atoms with van der Waals surface area (Å²) in [7, 11) is 0. The van der Waals surface area contributed by atoms with E-state index in [1.165, 1.54) is 22.2 Å². The third-order valence-electron chi connectivity index (χ3n) is 5.18. The highest BCUT2D eigenvalue weighted by Crippen LogP contribution is 2.24. The van der Waals surface area contributed by atoms with E-state index in [0.717, 1.165) is 26.1 Å². The topological polar surface area (TPSA) is 73.9 Å². The number of carbonyl (C=O) groups excluding carboxylic acids is 1. The van der Waals surface area contributed by atoms with Gasteiger partial charge in [0.25, 0.3) is 5.91 Å². The first-order chi connectivity index (χ1) is 12.7. The zero-order chi connectivity index (χ0) is 17.9. The number of hydrogen-bond donors (Lipinski definition) is 2. The zero-order valence-corrected chi connectivity index (χ0v) is 14.9. The van der Waals surface area contributed by atoms with Gasteiger partial charge in [-0.3, -0.25) is 9.69 Å².